The van der Waals surface area contributed by atoms with E-state index in [-0.39, 0.29) is 18.4 Å². The van der Waals surface area contributed by atoms with E-state index < -0.39 is 17.5 Å². The molecule has 1 aliphatic carbocycles. The molecule has 0 spiro atoms. The van der Waals surface area contributed by atoms with E-state index in [0.717, 1.165) is 38.1 Å². The average molecular weight is 307 g/mol. The predicted octanol–water partition coefficient (Wildman–Crippen LogP) is 2.69. The monoisotopic (exact) mass is 306 g/mol. The van der Waals surface area contributed by atoms with Crippen molar-refractivity contribution >= 4 is 12.4 Å². The van der Waals surface area contributed by atoms with Crippen molar-refractivity contribution in [1.82, 2.24) is 4.90 Å². The Bertz CT molecular complexity index is 474. The zero-order valence-corrected chi connectivity index (χ0v) is 11.8. The number of rotatable bonds is 2. The first-order valence-corrected chi connectivity index (χ1v) is 6.66. The minimum Gasteiger partial charge on any atom is -0.327 e. The molecule has 112 valence electrons. The number of benzene rings is 1. The molecule has 2 aliphatic rings. The van der Waals surface area contributed by atoms with E-state index in [1.54, 1.807) is 0 Å². The van der Waals surface area contributed by atoms with Gasteiger partial charge >= 0.3 is 0 Å². The van der Waals surface area contributed by atoms with Crippen LogP contribution in [0, 0.1) is 29.3 Å². The molecule has 0 amide bonds. The summed E-state index contributed by atoms with van der Waals surface area (Å²) in [6, 6.07) is 2.40. The van der Waals surface area contributed by atoms with Crippen LogP contribution in [0.3, 0.4) is 0 Å². The van der Waals surface area contributed by atoms with Gasteiger partial charge in [0.05, 0.1) is 0 Å². The Kier molecular flexibility index (Phi) is 4.62. The zero-order valence-electron chi connectivity index (χ0n) is 11.0. The summed E-state index contributed by atoms with van der Waals surface area (Å²) in [6.07, 6.45) is 2.21. The fourth-order valence-electron chi connectivity index (χ4n) is 3.49. The van der Waals surface area contributed by atoms with Crippen LogP contribution in [-0.4, -0.2) is 24.0 Å². The molecule has 2 fully saturated rings. The first-order chi connectivity index (χ1) is 9.04. The number of fused-ring (bicyclic) bond motifs is 1. The second-order valence-corrected chi connectivity index (χ2v) is 5.73. The van der Waals surface area contributed by atoms with Crippen LogP contribution in [0.5, 0.6) is 0 Å². The second kappa shape index (κ2) is 5.92. The predicted molar refractivity (Wildman–Crippen MR) is 73.0 cm³/mol. The standard InChI is InChI=1S/C14H17F3N2.ClH/c15-11-3-8(4-12(16)14(11)17)5-19-6-9-1-2-13(18)10(9)7-19;/h3-4,9-10,13H,1-2,5-7,18H2;1H. The summed E-state index contributed by atoms with van der Waals surface area (Å²) in [5, 5.41) is 0. The van der Waals surface area contributed by atoms with Crippen molar-refractivity contribution in [3.8, 4) is 0 Å². The number of hydrogen-bond donors (Lipinski definition) is 1. The Balaban J connectivity index is 0.00000147. The fraction of sp³-hybridized carbons (Fsp3) is 0.571. The number of halogens is 4. The van der Waals surface area contributed by atoms with Crippen molar-refractivity contribution < 1.29 is 13.2 Å². The van der Waals surface area contributed by atoms with Crippen LogP contribution in [0.2, 0.25) is 0 Å². The van der Waals surface area contributed by atoms with E-state index in [1.165, 1.54) is 0 Å². The van der Waals surface area contributed by atoms with Crippen molar-refractivity contribution in [2.45, 2.75) is 25.4 Å². The summed E-state index contributed by atoms with van der Waals surface area (Å²) in [5.41, 5.74) is 6.52. The van der Waals surface area contributed by atoms with Crippen molar-refractivity contribution in [2.75, 3.05) is 13.1 Å². The molecular weight excluding hydrogens is 289 g/mol. The van der Waals surface area contributed by atoms with Crippen molar-refractivity contribution in [3.63, 3.8) is 0 Å². The van der Waals surface area contributed by atoms with Crippen molar-refractivity contribution in [1.29, 1.82) is 0 Å². The van der Waals surface area contributed by atoms with Gasteiger partial charge in [-0.25, -0.2) is 13.2 Å². The molecule has 1 saturated carbocycles. The van der Waals surface area contributed by atoms with E-state index in [2.05, 4.69) is 4.90 Å². The first-order valence-electron chi connectivity index (χ1n) is 6.66. The van der Waals surface area contributed by atoms with Crippen LogP contribution in [0.15, 0.2) is 12.1 Å². The molecule has 0 aromatic heterocycles. The maximum Gasteiger partial charge on any atom is 0.194 e. The quantitative estimate of drug-likeness (QED) is 0.851. The van der Waals surface area contributed by atoms with Crippen LogP contribution in [0.1, 0.15) is 18.4 Å². The molecule has 2 nitrogen and oxygen atoms in total. The molecule has 20 heavy (non-hydrogen) atoms. The van der Waals surface area contributed by atoms with Gasteiger partial charge < -0.3 is 5.73 Å². The van der Waals surface area contributed by atoms with Crippen LogP contribution < -0.4 is 5.73 Å². The summed E-state index contributed by atoms with van der Waals surface area (Å²) in [7, 11) is 0. The minimum atomic E-state index is -1.40. The molecule has 2 N–H and O–H groups in total. The second-order valence-electron chi connectivity index (χ2n) is 5.73. The van der Waals surface area contributed by atoms with Crippen LogP contribution in [0.25, 0.3) is 0 Å². The van der Waals surface area contributed by atoms with E-state index >= 15 is 0 Å². The fourth-order valence-corrected chi connectivity index (χ4v) is 3.49. The highest BCUT2D eigenvalue weighted by Gasteiger charge is 2.40. The molecule has 1 aliphatic heterocycles. The van der Waals surface area contributed by atoms with Gasteiger partial charge in [0.25, 0.3) is 0 Å². The van der Waals surface area contributed by atoms with Gasteiger partial charge in [0.15, 0.2) is 17.5 Å². The number of nitrogens with zero attached hydrogens (tertiary/aromatic N) is 1. The molecule has 0 radical (unpaired) electrons. The molecule has 0 bridgehead atoms. The van der Waals surface area contributed by atoms with E-state index in [9.17, 15) is 13.2 Å². The lowest BCUT2D eigenvalue weighted by Gasteiger charge is -2.18. The van der Waals surface area contributed by atoms with Gasteiger partial charge in [-0.3, -0.25) is 4.90 Å². The maximum absolute atomic E-state index is 13.2. The molecule has 6 heteroatoms. The average Bonchev–Trinajstić information content (AvgIpc) is 2.89. The van der Waals surface area contributed by atoms with Gasteiger partial charge in [-0.15, -0.1) is 12.4 Å². The topological polar surface area (TPSA) is 29.3 Å². The third kappa shape index (κ3) is 2.80. The summed E-state index contributed by atoms with van der Waals surface area (Å²) in [6.45, 7) is 2.24. The Morgan fingerprint density at radius 3 is 2.35 bits per heavy atom. The largest absolute Gasteiger partial charge is 0.327 e. The lowest BCUT2D eigenvalue weighted by Crippen LogP contribution is -2.30. The summed E-state index contributed by atoms with van der Waals surface area (Å²) in [4.78, 5) is 2.15. The van der Waals surface area contributed by atoms with Crippen molar-refractivity contribution in [2.24, 2.45) is 17.6 Å². The lowest BCUT2D eigenvalue weighted by molar-refractivity contribution is 0.296. The molecule has 1 heterocycles. The summed E-state index contributed by atoms with van der Waals surface area (Å²) >= 11 is 0. The van der Waals surface area contributed by atoms with Gasteiger partial charge in [0.2, 0.25) is 0 Å². The summed E-state index contributed by atoms with van der Waals surface area (Å²) < 4.78 is 39.2. The van der Waals surface area contributed by atoms with Gasteiger partial charge in [0.1, 0.15) is 0 Å². The van der Waals surface area contributed by atoms with E-state index in [4.69, 9.17) is 5.73 Å². The van der Waals surface area contributed by atoms with Crippen LogP contribution in [0.4, 0.5) is 13.2 Å². The summed E-state index contributed by atoms with van der Waals surface area (Å²) in [5.74, 6) is -2.54. The number of hydrogen-bond acceptors (Lipinski definition) is 2. The molecule has 1 aromatic carbocycles. The van der Waals surface area contributed by atoms with Crippen molar-refractivity contribution in [3.05, 3.63) is 35.1 Å². The normalized spacial score (nSPS) is 29.3. The van der Waals surface area contributed by atoms with E-state index in [1.807, 2.05) is 0 Å². The molecule has 1 aromatic rings. The SMILES string of the molecule is Cl.NC1CCC2CN(Cc3cc(F)c(F)c(F)c3)CC12. The highest BCUT2D eigenvalue weighted by atomic mass is 35.5. The Morgan fingerprint density at radius 2 is 1.75 bits per heavy atom. The Labute approximate surface area is 122 Å². The zero-order chi connectivity index (χ0) is 13.6. The Hall–Kier alpha value is -0.780. The molecule has 3 unspecified atom stereocenters. The van der Waals surface area contributed by atoms with Gasteiger partial charge in [-0.1, -0.05) is 0 Å². The third-order valence-corrected chi connectivity index (χ3v) is 4.44. The van der Waals surface area contributed by atoms with Crippen LogP contribution >= 0.6 is 12.4 Å². The highest BCUT2D eigenvalue weighted by Crippen LogP contribution is 2.37. The molecule has 1 saturated heterocycles. The Morgan fingerprint density at radius 1 is 1.10 bits per heavy atom. The smallest absolute Gasteiger partial charge is 0.194 e. The van der Waals surface area contributed by atoms with Crippen LogP contribution in [-0.2, 0) is 6.54 Å². The molecular formula is C14H18ClF3N2. The lowest BCUT2D eigenvalue weighted by atomic mass is 9.98. The minimum absolute atomic E-state index is 0. The molecule has 3 atom stereocenters. The van der Waals surface area contributed by atoms with E-state index in [0.29, 0.717) is 23.9 Å². The first kappa shape index (κ1) is 15.6. The number of nitrogens with two attached hydrogens (primary N) is 1. The highest BCUT2D eigenvalue weighted by molar-refractivity contribution is 5.85. The maximum atomic E-state index is 13.2. The molecule has 3 rings (SSSR count). The van der Waals surface area contributed by atoms with Gasteiger partial charge in [0, 0.05) is 25.7 Å². The third-order valence-electron chi connectivity index (χ3n) is 4.44. The van der Waals surface area contributed by atoms with Gasteiger partial charge in [-0.2, -0.15) is 0 Å². The van der Waals surface area contributed by atoms with Gasteiger partial charge in [-0.05, 0) is 42.4 Å². The number of likely N-dealkylation sites (tertiary alicyclic amines) is 1.